The van der Waals surface area contributed by atoms with Gasteiger partial charge in [0.05, 0.1) is 18.3 Å². The molecule has 0 aromatic heterocycles. The molecule has 0 fully saturated rings. The third kappa shape index (κ3) is 3.63. The van der Waals surface area contributed by atoms with Crippen LogP contribution in [-0.4, -0.2) is 35.5 Å². The lowest BCUT2D eigenvalue weighted by atomic mass is 10.1. The molecule has 0 amide bonds. The van der Waals surface area contributed by atoms with Crippen molar-refractivity contribution in [3.05, 3.63) is 23.8 Å². The zero-order valence-corrected chi connectivity index (χ0v) is 10.8. The van der Waals surface area contributed by atoms with E-state index in [1.54, 1.807) is 6.92 Å². The quantitative estimate of drug-likeness (QED) is 0.811. The summed E-state index contributed by atoms with van der Waals surface area (Å²) in [7, 11) is 1.47. The summed E-state index contributed by atoms with van der Waals surface area (Å²) >= 11 is 0. The number of carboxylic acid groups (broad SMARTS) is 1. The van der Waals surface area contributed by atoms with Gasteiger partial charge in [0.2, 0.25) is 0 Å². The van der Waals surface area contributed by atoms with Gasteiger partial charge >= 0.3 is 5.97 Å². The van der Waals surface area contributed by atoms with Gasteiger partial charge in [0.1, 0.15) is 6.61 Å². The Hall–Kier alpha value is -1.75. The largest absolute Gasteiger partial charge is 0.493 e. The van der Waals surface area contributed by atoms with Crippen LogP contribution in [0.2, 0.25) is 0 Å². The number of rotatable bonds is 6. The topological polar surface area (TPSA) is 76.0 Å². The van der Waals surface area contributed by atoms with Gasteiger partial charge in [0, 0.05) is 0 Å². The molecule has 0 heterocycles. The predicted octanol–water partition coefficient (Wildman–Crippen LogP) is 1.93. The molecule has 0 radical (unpaired) electrons. The van der Waals surface area contributed by atoms with Crippen LogP contribution in [0.25, 0.3) is 0 Å². The van der Waals surface area contributed by atoms with Crippen LogP contribution in [0.15, 0.2) is 18.2 Å². The molecule has 0 aliphatic carbocycles. The van der Waals surface area contributed by atoms with Gasteiger partial charge in [-0.3, -0.25) is 0 Å². The second kappa shape index (κ2) is 5.73. The molecule has 0 saturated carbocycles. The molecule has 5 heteroatoms. The van der Waals surface area contributed by atoms with Crippen molar-refractivity contribution in [2.75, 3.05) is 13.7 Å². The van der Waals surface area contributed by atoms with Crippen molar-refractivity contribution in [1.29, 1.82) is 0 Å². The fourth-order valence-electron chi connectivity index (χ4n) is 1.26. The molecule has 1 unspecified atom stereocenters. The summed E-state index contributed by atoms with van der Waals surface area (Å²) in [5, 5.41) is 18.7. The average Bonchev–Trinajstić information content (AvgIpc) is 2.36. The summed E-state index contributed by atoms with van der Waals surface area (Å²) in [5.74, 6) is -0.289. The number of ether oxygens (including phenoxy) is 2. The normalized spacial score (nSPS) is 13.8. The molecule has 18 heavy (non-hydrogen) atoms. The van der Waals surface area contributed by atoms with Gasteiger partial charge in [-0.25, -0.2) is 4.79 Å². The number of methoxy groups -OCH3 is 1. The van der Waals surface area contributed by atoms with E-state index in [0.717, 1.165) is 0 Å². The van der Waals surface area contributed by atoms with Crippen molar-refractivity contribution in [2.24, 2.45) is 0 Å². The Morgan fingerprint density at radius 2 is 2.06 bits per heavy atom. The molecule has 100 valence electrons. The fraction of sp³-hybridized carbons (Fsp3) is 0.462. The highest BCUT2D eigenvalue weighted by molar-refractivity contribution is 5.88. The van der Waals surface area contributed by atoms with Gasteiger partial charge in [-0.1, -0.05) is 6.92 Å². The lowest BCUT2D eigenvalue weighted by Gasteiger charge is -2.22. The Balaban J connectivity index is 2.91. The molecular weight excluding hydrogens is 236 g/mol. The minimum absolute atomic E-state index is 0.0724. The maximum atomic E-state index is 10.9. The summed E-state index contributed by atoms with van der Waals surface area (Å²) < 4.78 is 10.5. The van der Waals surface area contributed by atoms with E-state index in [0.29, 0.717) is 17.9 Å². The van der Waals surface area contributed by atoms with Crippen LogP contribution >= 0.6 is 0 Å². The highest BCUT2D eigenvalue weighted by atomic mass is 16.5. The number of carboxylic acids is 1. The maximum absolute atomic E-state index is 10.9. The van der Waals surface area contributed by atoms with Crippen molar-refractivity contribution < 1.29 is 24.5 Å². The summed E-state index contributed by atoms with van der Waals surface area (Å²) in [4.78, 5) is 10.9. The lowest BCUT2D eigenvalue weighted by molar-refractivity contribution is 0.00773. The second-order valence-corrected chi connectivity index (χ2v) is 4.31. The van der Waals surface area contributed by atoms with E-state index in [1.165, 1.54) is 25.3 Å². The Morgan fingerprint density at radius 1 is 1.39 bits per heavy atom. The minimum Gasteiger partial charge on any atom is -0.493 e. The predicted molar refractivity (Wildman–Crippen MR) is 66.4 cm³/mol. The van der Waals surface area contributed by atoms with E-state index in [1.807, 2.05) is 6.92 Å². The van der Waals surface area contributed by atoms with Crippen LogP contribution in [0, 0.1) is 0 Å². The van der Waals surface area contributed by atoms with Gasteiger partial charge in [-0.15, -0.1) is 0 Å². The molecule has 1 rings (SSSR count). The first-order valence-electron chi connectivity index (χ1n) is 5.66. The van der Waals surface area contributed by atoms with E-state index in [2.05, 4.69) is 0 Å². The van der Waals surface area contributed by atoms with Crippen LogP contribution in [-0.2, 0) is 0 Å². The summed E-state index contributed by atoms with van der Waals surface area (Å²) in [6, 6.07) is 4.35. The summed E-state index contributed by atoms with van der Waals surface area (Å²) in [6.45, 7) is 3.57. The number of hydrogen-bond donors (Lipinski definition) is 2. The molecule has 1 aromatic carbocycles. The smallest absolute Gasteiger partial charge is 0.335 e. The fourth-order valence-corrected chi connectivity index (χ4v) is 1.26. The van der Waals surface area contributed by atoms with Crippen LogP contribution in [0.5, 0.6) is 11.5 Å². The molecule has 0 aliphatic heterocycles. The molecule has 0 saturated heterocycles. The summed E-state index contributed by atoms with van der Waals surface area (Å²) in [6.07, 6.45) is 0.536. The van der Waals surface area contributed by atoms with Crippen LogP contribution < -0.4 is 9.47 Å². The average molecular weight is 254 g/mol. The maximum Gasteiger partial charge on any atom is 0.335 e. The second-order valence-electron chi connectivity index (χ2n) is 4.31. The molecule has 0 spiro atoms. The molecule has 0 bridgehead atoms. The molecular formula is C13H18O5. The third-order valence-electron chi connectivity index (χ3n) is 2.71. The van der Waals surface area contributed by atoms with Gasteiger partial charge in [-0.2, -0.15) is 0 Å². The van der Waals surface area contributed by atoms with Crippen molar-refractivity contribution >= 4 is 5.97 Å². The van der Waals surface area contributed by atoms with Crippen LogP contribution in [0.3, 0.4) is 0 Å². The van der Waals surface area contributed by atoms with E-state index in [-0.39, 0.29) is 12.2 Å². The number of aliphatic hydroxyl groups is 1. The van der Waals surface area contributed by atoms with Gasteiger partial charge < -0.3 is 19.7 Å². The number of carbonyl (C=O) groups is 1. The third-order valence-corrected chi connectivity index (χ3v) is 2.71. The molecule has 1 atom stereocenters. The monoisotopic (exact) mass is 254 g/mol. The lowest BCUT2D eigenvalue weighted by Crippen LogP contribution is -2.31. The Morgan fingerprint density at radius 3 is 2.56 bits per heavy atom. The van der Waals surface area contributed by atoms with Gasteiger partial charge in [0.15, 0.2) is 11.5 Å². The van der Waals surface area contributed by atoms with Gasteiger partial charge in [0.25, 0.3) is 0 Å². The van der Waals surface area contributed by atoms with Crippen LogP contribution in [0.4, 0.5) is 0 Å². The van der Waals surface area contributed by atoms with Crippen molar-refractivity contribution in [3.8, 4) is 11.5 Å². The first-order valence-corrected chi connectivity index (χ1v) is 5.66. The van der Waals surface area contributed by atoms with E-state index < -0.39 is 11.6 Å². The van der Waals surface area contributed by atoms with E-state index in [9.17, 15) is 9.90 Å². The summed E-state index contributed by atoms with van der Waals surface area (Å²) in [5.41, 5.74) is -0.841. The Bertz CT molecular complexity index is 425. The van der Waals surface area contributed by atoms with Crippen molar-refractivity contribution in [2.45, 2.75) is 25.9 Å². The first kappa shape index (κ1) is 14.3. The zero-order valence-electron chi connectivity index (χ0n) is 10.8. The standard InChI is InChI=1S/C13H18O5/c1-4-13(2,16)8-18-11-7-9(12(14)15)5-6-10(11)17-3/h5-7,16H,4,8H2,1-3H3,(H,14,15). The Labute approximate surface area is 106 Å². The van der Waals surface area contributed by atoms with E-state index >= 15 is 0 Å². The van der Waals surface area contributed by atoms with Crippen molar-refractivity contribution in [3.63, 3.8) is 0 Å². The van der Waals surface area contributed by atoms with E-state index in [4.69, 9.17) is 14.6 Å². The minimum atomic E-state index is -1.04. The highest BCUT2D eigenvalue weighted by Crippen LogP contribution is 2.29. The highest BCUT2D eigenvalue weighted by Gasteiger charge is 2.20. The molecule has 0 aliphatic rings. The number of benzene rings is 1. The molecule has 5 nitrogen and oxygen atoms in total. The molecule has 1 aromatic rings. The first-order chi connectivity index (χ1) is 8.39. The number of aromatic carboxylic acids is 1. The SMILES string of the molecule is CCC(C)(O)COc1cc(C(=O)O)ccc1OC. The van der Waals surface area contributed by atoms with Gasteiger partial charge in [-0.05, 0) is 31.5 Å². The Kier molecular flexibility index (Phi) is 4.55. The van der Waals surface area contributed by atoms with Crippen molar-refractivity contribution in [1.82, 2.24) is 0 Å². The molecule has 2 N–H and O–H groups in total. The number of hydrogen-bond acceptors (Lipinski definition) is 4. The zero-order chi connectivity index (χ0) is 13.8. The van der Waals surface area contributed by atoms with Crippen LogP contribution in [0.1, 0.15) is 30.6 Å².